The number of ether oxygens (including phenoxy) is 1. The van der Waals surface area contributed by atoms with Crippen LogP contribution < -0.4 is 10.5 Å². The zero-order valence-corrected chi connectivity index (χ0v) is 10.6. The van der Waals surface area contributed by atoms with Crippen molar-refractivity contribution in [3.8, 4) is 5.75 Å². The first-order chi connectivity index (χ1) is 8.25. The van der Waals surface area contributed by atoms with E-state index in [1.54, 1.807) is 0 Å². The van der Waals surface area contributed by atoms with Crippen LogP contribution in [0.5, 0.6) is 5.75 Å². The summed E-state index contributed by atoms with van der Waals surface area (Å²) in [6.45, 7) is 6.52. The van der Waals surface area contributed by atoms with Gasteiger partial charge in [-0.1, -0.05) is 0 Å². The molecule has 3 nitrogen and oxygen atoms in total. The minimum atomic E-state index is 0.793. The van der Waals surface area contributed by atoms with Crippen LogP contribution in [0, 0.1) is 6.92 Å². The van der Waals surface area contributed by atoms with E-state index in [4.69, 9.17) is 10.5 Å². The predicted octanol–water partition coefficient (Wildman–Crippen LogP) is 2.44. The highest BCUT2D eigenvalue weighted by atomic mass is 16.5. The zero-order valence-electron chi connectivity index (χ0n) is 10.6. The quantitative estimate of drug-likeness (QED) is 0.628. The van der Waals surface area contributed by atoms with Crippen LogP contribution in [0.3, 0.4) is 0 Å². The van der Waals surface area contributed by atoms with E-state index < -0.39 is 0 Å². The van der Waals surface area contributed by atoms with Crippen LogP contribution in [0.2, 0.25) is 0 Å². The maximum atomic E-state index is 5.77. The first kappa shape index (κ1) is 12.2. The largest absolute Gasteiger partial charge is 0.493 e. The Bertz CT molecular complexity index is 359. The molecule has 2 rings (SSSR count). The second-order valence-corrected chi connectivity index (χ2v) is 4.78. The van der Waals surface area contributed by atoms with Crippen LogP contribution in [-0.4, -0.2) is 31.1 Å². The molecule has 1 aliphatic rings. The lowest BCUT2D eigenvalue weighted by atomic mass is 10.2. The van der Waals surface area contributed by atoms with E-state index in [0.717, 1.165) is 36.6 Å². The van der Waals surface area contributed by atoms with Crippen molar-refractivity contribution in [1.82, 2.24) is 4.90 Å². The van der Waals surface area contributed by atoms with Gasteiger partial charge in [-0.3, -0.25) is 0 Å². The number of benzene rings is 1. The van der Waals surface area contributed by atoms with Crippen molar-refractivity contribution in [2.45, 2.75) is 26.2 Å². The van der Waals surface area contributed by atoms with E-state index in [0.29, 0.717) is 0 Å². The predicted molar refractivity (Wildman–Crippen MR) is 71.4 cm³/mol. The van der Waals surface area contributed by atoms with Crippen LogP contribution in [0.15, 0.2) is 18.2 Å². The molecule has 94 valence electrons. The summed E-state index contributed by atoms with van der Waals surface area (Å²) in [5.41, 5.74) is 7.62. The Hall–Kier alpha value is -1.22. The smallest absolute Gasteiger partial charge is 0.122 e. The fourth-order valence-electron chi connectivity index (χ4n) is 2.31. The van der Waals surface area contributed by atoms with Crippen molar-refractivity contribution in [2.24, 2.45) is 0 Å². The number of hydrogen-bond acceptors (Lipinski definition) is 3. The normalized spacial score (nSPS) is 16.3. The molecule has 0 aromatic heterocycles. The SMILES string of the molecule is Cc1cc(N)ccc1OCCCN1CCCC1. The number of anilines is 1. The highest BCUT2D eigenvalue weighted by Gasteiger charge is 2.10. The lowest BCUT2D eigenvalue weighted by Crippen LogP contribution is -2.21. The van der Waals surface area contributed by atoms with Crippen molar-refractivity contribution < 1.29 is 4.74 Å². The molecule has 3 heteroatoms. The van der Waals surface area contributed by atoms with Gasteiger partial charge >= 0.3 is 0 Å². The fraction of sp³-hybridized carbons (Fsp3) is 0.571. The average Bonchev–Trinajstić information content (AvgIpc) is 2.79. The topological polar surface area (TPSA) is 38.5 Å². The first-order valence-corrected chi connectivity index (χ1v) is 6.47. The summed E-state index contributed by atoms with van der Waals surface area (Å²) in [4.78, 5) is 2.51. The minimum Gasteiger partial charge on any atom is -0.493 e. The molecule has 17 heavy (non-hydrogen) atoms. The molecule has 1 aliphatic heterocycles. The molecule has 0 bridgehead atoms. The van der Waals surface area contributed by atoms with Crippen LogP contribution in [-0.2, 0) is 0 Å². The van der Waals surface area contributed by atoms with Crippen molar-refractivity contribution in [3.63, 3.8) is 0 Å². The maximum Gasteiger partial charge on any atom is 0.122 e. The Morgan fingerprint density at radius 3 is 2.76 bits per heavy atom. The Balaban J connectivity index is 1.70. The molecule has 2 N–H and O–H groups in total. The number of nitrogen functional groups attached to an aromatic ring is 1. The molecule has 1 aromatic carbocycles. The summed E-state index contributed by atoms with van der Waals surface area (Å²) in [5, 5.41) is 0. The number of aryl methyl sites for hydroxylation is 1. The van der Waals surface area contributed by atoms with E-state index in [1.807, 2.05) is 25.1 Å². The van der Waals surface area contributed by atoms with Crippen LogP contribution in [0.25, 0.3) is 0 Å². The van der Waals surface area contributed by atoms with Gasteiger partial charge in [-0.05, 0) is 63.0 Å². The Labute approximate surface area is 104 Å². The lowest BCUT2D eigenvalue weighted by molar-refractivity contribution is 0.262. The fourth-order valence-corrected chi connectivity index (χ4v) is 2.31. The molecule has 1 fully saturated rings. The van der Waals surface area contributed by atoms with Gasteiger partial charge in [0.25, 0.3) is 0 Å². The van der Waals surface area contributed by atoms with E-state index in [9.17, 15) is 0 Å². The number of nitrogens with zero attached hydrogens (tertiary/aromatic N) is 1. The second kappa shape index (κ2) is 5.92. The summed E-state index contributed by atoms with van der Waals surface area (Å²) in [5.74, 6) is 0.959. The Morgan fingerprint density at radius 1 is 1.29 bits per heavy atom. The van der Waals surface area contributed by atoms with Crippen LogP contribution in [0.4, 0.5) is 5.69 Å². The van der Waals surface area contributed by atoms with Gasteiger partial charge in [0.1, 0.15) is 5.75 Å². The van der Waals surface area contributed by atoms with Gasteiger partial charge in [0.15, 0.2) is 0 Å². The molecule has 1 heterocycles. The highest BCUT2D eigenvalue weighted by molar-refractivity contribution is 5.47. The second-order valence-electron chi connectivity index (χ2n) is 4.78. The van der Waals surface area contributed by atoms with Crippen molar-refractivity contribution in [3.05, 3.63) is 23.8 Å². The van der Waals surface area contributed by atoms with E-state index in [1.165, 1.54) is 25.9 Å². The van der Waals surface area contributed by atoms with Gasteiger partial charge in [0, 0.05) is 12.2 Å². The molecule has 0 amide bonds. The van der Waals surface area contributed by atoms with Gasteiger partial charge in [-0.15, -0.1) is 0 Å². The van der Waals surface area contributed by atoms with E-state index >= 15 is 0 Å². The lowest BCUT2D eigenvalue weighted by Gasteiger charge is -2.15. The molecular formula is C14H22N2O. The zero-order chi connectivity index (χ0) is 12.1. The standard InChI is InChI=1S/C14H22N2O/c1-12-11-13(15)5-6-14(12)17-10-4-9-16-7-2-3-8-16/h5-6,11H,2-4,7-10,15H2,1H3. The third kappa shape index (κ3) is 3.63. The summed E-state index contributed by atoms with van der Waals surface area (Å²) in [7, 11) is 0. The van der Waals surface area contributed by atoms with Gasteiger partial charge in [0.05, 0.1) is 6.61 Å². The summed E-state index contributed by atoms with van der Waals surface area (Å²) >= 11 is 0. The summed E-state index contributed by atoms with van der Waals surface area (Å²) < 4.78 is 5.77. The molecule has 0 atom stereocenters. The molecule has 1 saturated heterocycles. The number of nitrogens with two attached hydrogens (primary N) is 1. The van der Waals surface area contributed by atoms with Gasteiger partial charge in [-0.25, -0.2) is 0 Å². The van der Waals surface area contributed by atoms with E-state index in [-0.39, 0.29) is 0 Å². The van der Waals surface area contributed by atoms with Crippen molar-refractivity contribution in [1.29, 1.82) is 0 Å². The molecule has 0 aliphatic carbocycles. The highest BCUT2D eigenvalue weighted by Crippen LogP contribution is 2.20. The van der Waals surface area contributed by atoms with Gasteiger partial charge in [0.2, 0.25) is 0 Å². The molecule has 0 radical (unpaired) electrons. The average molecular weight is 234 g/mol. The number of likely N-dealkylation sites (tertiary alicyclic amines) is 1. The van der Waals surface area contributed by atoms with Crippen molar-refractivity contribution in [2.75, 3.05) is 32.0 Å². The third-order valence-electron chi connectivity index (χ3n) is 3.27. The maximum absolute atomic E-state index is 5.77. The van der Waals surface area contributed by atoms with Crippen molar-refractivity contribution >= 4 is 5.69 Å². The first-order valence-electron chi connectivity index (χ1n) is 6.47. The Morgan fingerprint density at radius 2 is 2.06 bits per heavy atom. The van der Waals surface area contributed by atoms with Gasteiger partial charge in [-0.2, -0.15) is 0 Å². The van der Waals surface area contributed by atoms with Crippen LogP contribution in [0.1, 0.15) is 24.8 Å². The summed E-state index contributed by atoms with van der Waals surface area (Å²) in [6, 6.07) is 5.80. The molecule has 1 aromatic rings. The third-order valence-corrected chi connectivity index (χ3v) is 3.27. The molecular weight excluding hydrogens is 212 g/mol. The minimum absolute atomic E-state index is 0.793. The Kier molecular flexibility index (Phi) is 4.26. The molecule has 0 spiro atoms. The van der Waals surface area contributed by atoms with E-state index in [2.05, 4.69) is 4.90 Å². The van der Waals surface area contributed by atoms with Gasteiger partial charge < -0.3 is 15.4 Å². The number of rotatable bonds is 5. The summed E-state index contributed by atoms with van der Waals surface area (Å²) in [6.07, 6.45) is 3.82. The monoisotopic (exact) mass is 234 g/mol. The van der Waals surface area contributed by atoms with Crippen LogP contribution >= 0.6 is 0 Å². The molecule has 0 unspecified atom stereocenters. The molecule has 0 saturated carbocycles. The number of hydrogen-bond donors (Lipinski definition) is 1.